The van der Waals surface area contributed by atoms with Gasteiger partial charge in [0, 0.05) is 23.8 Å². The molecule has 4 nitrogen and oxygen atoms in total. The van der Waals surface area contributed by atoms with Crippen molar-refractivity contribution in [1.82, 2.24) is 0 Å². The summed E-state index contributed by atoms with van der Waals surface area (Å²) >= 11 is 6.71. The number of Topliss-reactive ketones (excluding diaryl/α,β-unsaturated/α-hetero) is 1. The molecule has 6 atom stereocenters. The molecule has 5 heteroatoms. The molecule has 0 amide bonds. The van der Waals surface area contributed by atoms with Crippen molar-refractivity contribution in [3.63, 3.8) is 0 Å². The van der Waals surface area contributed by atoms with E-state index in [0.29, 0.717) is 23.8 Å². The van der Waals surface area contributed by atoms with Crippen LogP contribution in [0.2, 0.25) is 0 Å². The summed E-state index contributed by atoms with van der Waals surface area (Å²) in [5, 5.41) is 0.689. The number of fused-ring (bicyclic) bond motifs is 5. The van der Waals surface area contributed by atoms with Crippen LogP contribution in [0, 0.1) is 28.6 Å². The first-order valence-electron chi connectivity index (χ1n) is 10.4. The van der Waals surface area contributed by atoms with Gasteiger partial charge in [0.15, 0.2) is 17.2 Å². The van der Waals surface area contributed by atoms with Gasteiger partial charge in [0.25, 0.3) is 0 Å². The molecule has 4 rings (SSSR count). The summed E-state index contributed by atoms with van der Waals surface area (Å²) in [4.78, 5) is 36.6. The molecule has 4 aliphatic rings. The van der Waals surface area contributed by atoms with E-state index in [-0.39, 0.29) is 40.2 Å². The predicted octanol–water partition coefficient (Wildman–Crippen LogP) is 4.75. The van der Waals surface area contributed by atoms with Gasteiger partial charge in [-0.15, -0.1) is 0 Å². The molecular weight excluding hydrogens is 376 g/mol. The zero-order valence-corrected chi connectivity index (χ0v) is 17.9. The second kappa shape index (κ2) is 6.29. The molecule has 0 aromatic heterocycles. The number of hydrogen-bond donors (Lipinski definition) is 0. The number of ether oxygens (including phenoxy) is 1. The van der Waals surface area contributed by atoms with E-state index in [1.165, 1.54) is 6.92 Å². The maximum Gasteiger partial charge on any atom is 0.303 e. The maximum atomic E-state index is 12.7. The van der Waals surface area contributed by atoms with Crippen LogP contribution in [0.3, 0.4) is 0 Å². The fourth-order valence-corrected chi connectivity index (χ4v) is 7.55. The molecule has 0 bridgehead atoms. The molecule has 2 saturated carbocycles. The van der Waals surface area contributed by atoms with Gasteiger partial charge in [-0.1, -0.05) is 31.5 Å². The van der Waals surface area contributed by atoms with E-state index in [2.05, 4.69) is 19.9 Å². The van der Waals surface area contributed by atoms with Crippen LogP contribution in [0.15, 0.2) is 22.8 Å². The summed E-state index contributed by atoms with van der Waals surface area (Å²) in [6.07, 6.45) is 8.48. The summed E-state index contributed by atoms with van der Waals surface area (Å²) in [5.74, 6) is 0.584. The average Bonchev–Trinajstić information content (AvgIpc) is 2.90. The molecule has 0 spiro atoms. The van der Waals surface area contributed by atoms with Crippen LogP contribution in [0.1, 0.15) is 66.2 Å². The van der Waals surface area contributed by atoms with Gasteiger partial charge < -0.3 is 4.74 Å². The zero-order valence-electron chi connectivity index (χ0n) is 17.1. The summed E-state index contributed by atoms with van der Waals surface area (Å²) < 4.78 is 5.79. The van der Waals surface area contributed by atoms with E-state index in [9.17, 15) is 14.4 Å². The SMILES string of the molecule is CC(=O)O[C@]1(C(C)=O)CC[C@@H]2[C@@H]3C=C(Cl)C4=CC(=O)CC[C@]4(C)[C@@H]3CC[C@@]21C. The summed E-state index contributed by atoms with van der Waals surface area (Å²) in [7, 11) is 0. The lowest BCUT2D eigenvalue weighted by atomic mass is 9.48. The van der Waals surface area contributed by atoms with E-state index in [1.807, 2.05) is 0 Å². The van der Waals surface area contributed by atoms with Gasteiger partial charge in [-0.3, -0.25) is 14.4 Å². The van der Waals surface area contributed by atoms with E-state index >= 15 is 0 Å². The Morgan fingerprint density at radius 2 is 1.79 bits per heavy atom. The summed E-state index contributed by atoms with van der Waals surface area (Å²) in [6, 6.07) is 0. The van der Waals surface area contributed by atoms with Crippen molar-refractivity contribution in [2.75, 3.05) is 0 Å². The minimum atomic E-state index is -1.03. The molecule has 0 aliphatic heterocycles. The lowest BCUT2D eigenvalue weighted by Gasteiger charge is -2.57. The lowest BCUT2D eigenvalue weighted by Crippen LogP contribution is -2.58. The molecule has 0 aromatic rings. The highest BCUT2D eigenvalue weighted by molar-refractivity contribution is 6.32. The summed E-state index contributed by atoms with van der Waals surface area (Å²) in [5.41, 5.74) is -0.532. The van der Waals surface area contributed by atoms with Crippen molar-refractivity contribution in [3.05, 3.63) is 22.8 Å². The van der Waals surface area contributed by atoms with Gasteiger partial charge in [0.2, 0.25) is 0 Å². The molecule has 0 unspecified atom stereocenters. The smallest absolute Gasteiger partial charge is 0.303 e. The number of allylic oxidation sites excluding steroid dienone is 4. The van der Waals surface area contributed by atoms with Gasteiger partial charge in [-0.25, -0.2) is 0 Å². The molecule has 0 saturated heterocycles. The van der Waals surface area contributed by atoms with Crippen LogP contribution >= 0.6 is 11.6 Å². The highest BCUT2D eigenvalue weighted by Gasteiger charge is 2.67. The molecule has 2 fully saturated rings. The first-order valence-corrected chi connectivity index (χ1v) is 10.8. The Hall–Kier alpha value is -1.42. The highest BCUT2D eigenvalue weighted by atomic mass is 35.5. The molecule has 0 radical (unpaired) electrons. The Labute approximate surface area is 171 Å². The Morgan fingerprint density at radius 1 is 1.11 bits per heavy atom. The van der Waals surface area contributed by atoms with Crippen LogP contribution < -0.4 is 0 Å². The van der Waals surface area contributed by atoms with Crippen LogP contribution in [0.5, 0.6) is 0 Å². The summed E-state index contributed by atoms with van der Waals surface area (Å²) in [6.45, 7) is 7.33. The van der Waals surface area contributed by atoms with Crippen molar-refractivity contribution in [3.8, 4) is 0 Å². The van der Waals surface area contributed by atoms with E-state index < -0.39 is 5.60 Å². The van der Waals surface area contributed by atoms with E-state index in [4.69, 9.17) is 16.3 Å². The maximum absolute atomic E-state index is 12.7. The topological polar surface area (TPSA) is 60.4 Å². The Kier molecular flexibility index (Phi) is 4.46. The molecule has 0 heterocycles. The van der Waals surface area contributed by atoms with Crippen molar-refractivity contribution in [2.45, 2.75) is 71.8 Å². The molecule has 0 N–H and O–H groups in total. The number of hydrogen-bond acceptors (Lipinski definition) is 4. The third-order valence-electron chi connectivity index (χ3n) is 8.56. The first kappa shape index (κ1) is 19.9. The van der Waals surface area contributed by atoms with Gasteiger partial charge in [0.1, 0.15) is 0 Å². The number of carbonyl (C=O) groups excluding carboxylic acids is 3. The van der Waals surface area contributed by atoms with Crippen LogP contribution in [-0.2, 0) is 19.1 Å². The minimum absolute atomic E-state index is 0.0490. The molecule has 28 heavy (non-hydrogen) atoms. The second-order valence-electron chi connectivity index (χ2n) is 9.72. The predicted molar refractivity (Wildman–Crippen MR) is 107 cm³/mol. The second-order valence-corrected chi connectivity index (χ2v) is 10.1. The zero-order chi connectivity index (χ0) is 20.5. The third-order valence-corrected chi connectivity index (χ3v) is 8.89. The number of esters is 1. The van der Waals surface area contributed by atoms with Crippen LogP contribution in [0.25, 0.3) is 0 Å². The van der Waals surface area contributed by atoms with Crippen molar-refractivity contribution >= 4 is 29.1 Å². The fourth-order valence-electron chi connectivity index (χ4n) is 7.13. The number of carbonyl (C=O) groups is 3. The molecule has 0 aromatic carbocycles. The quantitative estimate of drug-likeness (QED) is 0.623. The van der Waals surface area contributed by atoms with Crippen molar-refractivity contribution in [1.29, 1.82) is 0 Å². The highest BCUT2D eigenvalue weighted by Crippen LogP contribution is 2.68. The van der Waals surface area contributed by atoms with Gasteiger partial charge >= 0.3 is 5.97 Å². The van der Waals surface area contributed by atoms with E-state index in [1.54, 1.807) is 13.0 Å². The fraction of sp³-hybridized carbons (Fsp3) is 0.696. The van der Waals surface area contributed by atoms with Crippen molar-refractivity contribution in [2.24, 2.45) is 28.6 Å². The van der Waals surface area contributed by atoms with Gasteiger partial charge in [-0.2, -0.15) is 0 Å². The van der Waals surface area contributed by atoms with Crippen LogP contribution in [-0.4, -0.2) is 23.1 Å². The third kappa shape index (κ3) is 2.46. The van der Waals surface area contributed by atoms with E-state index in [0.717, 1.165) is 31.3 Å². The molecular formula is C23H29ClO4. The average molecular weight is 405 g/mol. The standard InChI is InChI=1S/C23H29ClO4/c1-13(25)23(28-14(2)26)10-7-18-16-12-20(24)19-11-15(27)5-8-21(19,3)17(16)6-9-22(18,23)4/h11-12,16-18H,5-10H2,1-4H3/t16-,17-,18-,21-,22+,23+/m1/s1. The first-order chi connectivity index (χ1) is 13.0. The number of ketones is 2. The number of halogens is 1. The van der Waals surface area contributed by atoms with Crippen LogP contribution in [0.4, 0.5) is 0 Å². The monoisotopic (exact) mass is 404 g/mol. The number of rotatable bonds is 2. The largest absolute Gasteiger partial charge is 0.451 e. The molecule has 4 aliphatic carbocycles. The lowest BCUT2D eigenvalue weighted by molar-refractivity contribution is -0.185. The van der Waals surface area contributed by atoms with Gasteiger partial charge in [0.05, 0.1) is 0 Å². The Bertz CT molecular complexity index is 826. The Balaban J connectivity index is 1.79. The normalized spacial score (nSPS) is 44.6. The van der Waals surface area contributed by atoms with Gasteiger partial charge in [-0.05, 0) is 73.8 Å². The minimum Gasteiger partial charge on any atom is -0.451 e. The Morgan fingerprint density at radius 3 is 2.43 bits per heavy atom. The molecule has 152 valence electrons. The van der Waals surface area contributed by atoms with Crippen molar-refractivity contribution < 1.29 is 19.1 Å².